The summed E-state index contributed by atoms with van der Waals surface area (Å²) in [6, 6.07) is 5.57. The fourth-order valence-corrected chi connectivity index (χ4v) is 5.77. The van der Waals surface area contributed by atoms with Gasteiger partial charge in [-0.3, -0.25) is 4.98 Å². The number of hydrogen-bond acceptors (Lipinski definition) is 8. The average molecular weight is 555 g/mol. The second-order valence-electron chi connectivity index (χ2n) is 10.1. The monoisotopic (exact) mass is 554 g/mol. The first-order valence-corrected chi connectivity index (χ1v) is 13.4. The van der Waals surface area contributed by atoms with Crippen LogP contribution < -0.4 is 10.1 Å². The summed E-state index contributed by atoms with van der Waals surface area (Å²) in [6.07, 6.45) is 9.09. The standard InChI is InChI=1S/C27H28Cl2N6O3/c1-15(23-19(28)12-30-13-20(23)29)38-17-6-7-21-18(9-17)24(34-35(21)22-5-3-4-8-37-22)16-10-31-26(32-11-16)25-27(2,36)14-33-25/h6-7,9-13,15,22,25,33,36H,3-5,8,14H2,1-2H3/t15-,22?,25?,27?/m1/s1. The largest absolute Gasteiger partial charge is 0.486 e. The molecule has 2 fully saturated rings. The number of benzene rings is 1. The van der Waals surface area contributed by atoms with Gasteiger partial charge in [-0.05, 0) is 51.3 Å². The van der Waals surface area contributed by atoms with Crippen LogP contribution in [0.4, 0.5) is 0 Å². The highest BCUT2D eigenvalue weighted by Crippen LogP contribution is 2.38. The third-order valence-electron chi connectivity index (χ3n) is 7.21. The molecule has 11 heteroatoms. The minimum absolute atomic E-state index is 0.144. The van der Waals surface area contributed by atoms with Crippen LogP contribution in [0.1, 0.15) is 62.9 Å². The highest BCUT2D eigenvalue weighted by atomic mass is 35.5. The van der Waals surface area contributed by atoms with Gasteiger partial charge in [-0.2, -0.15) is 5.10 Å². The topological polar surface area (TPSA) is 107 Å². The zero-order chi connectivity index (χ0) is 26.4. The lowest BCUT2D eigenvalue weighted by Crippen LogP contribution is -2.60. The second-order valence-corrected chi connectivity index (χ2v) is 10.9. The van der Waals surface area contributed by atoms with Gasteiger partial charge in [0.15, 0.2) is 6.23 Å². The van der Waals surface area contributed by atoms with Crippen molar-refractivity contribution in [3.8, 4) is 17.0 Å². The molecule has 4 atom stereocenters. The van der Waals surface area contributed by atoms with Crippen LogP contribution >= 0.6 is 23.2 Å². The van der Waals surface area contributed by atoms with Gasteiger partial charge in [0.1, 0.15) is 23.4 Å². The van der Waals surface area contributed by atoms with Crippen molar-refractivity contribution in [2.24, 2.45) is 0 Å². The third-order valence-corrected chi connectivity index (χ3v) is 7.81. The lowest BCUT2D eigenvalue weighted by molar-refractivity contribution is -0.0459. The summed E-state index contributed by atoms with van der Waals surface area (Å²) < 4.78 is 14.3. The number of nitrogens with one attached hydrogen (secondary N) is 1. The van der Waals surface area contributed by atoms with E-state index in [0.29, 0.717) is 40.3 Å². The maximum absolute atomic E-state index is 10.4. The van der Waals surface area contributed by atoms with Crippen molar-refractivity contribution in [1.29, 1.82) is 0 Å². The molecule has 38 heavy (non-hydrogen) atoms. The Bertz CT molecular complexity index is 1450. The molecule has 198 valence electrons. The van der Waals surface area contributed by atoms with Crippen LogP contribution in [0.25, 0.3) is 22.2 Å². The fourth-order valence-electron chi connectivity index (χ4n) is 5.09. The number of pyridine rings is 1. The molecule has 0 bridgehead atoms. The summed E-state index contributed by atoms with van der Waals surface area (Å²) in [6.45, 7) is 4.89. The van der Waals surface area contributed by atoms with Crippen molar-refractivity contribution in [2.75, 3.05) is 13.2 Å². The Kier molecular flexibility index (Phi) is 6.74. The molecule has 6 rings (SSSR count). The first-order chi connectivity index (χ1) is 18.3. The van der Waals surface area contributed by atoms with Crippen LogP contribution in [-0.4, -0.2) is 48.6 Å². The van der Waals surface area contributed by atoms with E-state index in [1.807, 2.05) is 29.8 Å². The van der Waals surface area contributed by atoms with Crippen LogP contribution in [0.3, 0.4) is 0 Å². The van der Waals surface area contributed by atoms with Crippen molar-refractivity contribution in [2.45, 2.75) is 57.1 Å². The molecule has 0 aliphatic carbocycles. The number of ether oxygens (including phenoxy) is 2. The molecule has 1 aromatic carbocycles. The fraction of sp³-hybridized carbons (Fsp3) is 0.407. The van der Waals surface area contributed by atoms with E-state index in [-0.39, 0.29) is 12.3 Å². The van der Waals surface area contributed by atoms with Gasteiger partial charge in [0.25, 0.3) is 0 Å². The summed E-state index contributed by atoms with van der Waals surface area (Å²) in [7, 11) is 0. The second kappa shape index (κ2) is 10.1. The van der Waals surface area contributed by atoms with E-state index < -0.39 is 11.7 Å². The number of nitrogens with zero attached hydrogens (tertiary/aromatic N) is 5. The Balaban J connectivity index is 1.38. The maximum atomic E-state index is 10.4. The van der Waals surface area contributed by atoms with Gasteiger partial charge in [-0.15, -0.1) is 0 Å². The summed E-state index contributed by atoms with van der Waals surface area (Å²) >= 11 is 12.7. The zero-order valence-electron chi connectivity index (χ0n) is 21.1. The zero-order valence-corrected chi connectivity index (χ0v) is 22.6. The van der Waals surface area contributed by atoms with Crippen LogP contribution in [0.15, 0.2) is 43.0 Å². The van der Waals surface area contributed by atoms with Crippen LogP contribution in [-0.2, 0) is 4.74 Å². The van der Waals surface area contributed by atoms with Gasteiger partial charge >= 0.3 is 0 Å². The molecular weight excluding hydrogens is 527 g/mol. The Morgan fingerprint density at radius 2 is 1.92 bits per heavy atom. The number of hydrogen-bond donors (Lipinski definition) is 2. The lowest BCUT2D eigenvalue weighted by atomic mass is 9.87. The molecule has 4 aromatic rings. The van der Waals surface area contributed by atoms with E-state index >= 15 is 0 Å². The molecule has 0 amide bonds. The molecular formula is C27H28Cl2N6O3. The molecule has 0 saturated carbocycles. The molecule has 2 aliphatic heterocycles. The van der Waals surface area contributed by atoms with Gasteiger partial charge in [0.05, 0.1) is 27.2 Å². The van der Waals surface area contributed by atoms with E-state index in [0.717, 1.165) is 41.4 Å². The normalized spacial score (nSPS) is 24.2. The quantitative estimate of drug-likeness (QED) is 0.325. The predicted octanol–water partition coefficient (Wildman–Crippen LogP) is 5.43. The molecule has 3 unspecified atom stereocenters. The minimum Gasteiger partial charge on any atom is -0.486 e. The van der Waals surface area contributed by atoms with Crippen LogP contribution in [0, 0.1) is 0 Å². The molecule has 3 aromatic heterocycles. The number of fused-ring (bicyclic) bond motifs is 1. The van der Waals surface area contributed by atoms with Gasteiger partial charge in [0.2, 0.25) is 0 Å². The Morgan fingerprint density at radius 1 is 1.16 bits per heavy atom. The number of aromatic nitrogens is 5. The van der Waals surface area contributed by atoms with Gasteiger partial charge < -0.3 is 19.9 Å². The Labute approximate surface area is 230 Å². The number of β-amino-alcohol motifs (C(OH)–C–C–N with tert-alkyl or cyclic N) is 1. The van der Waals surface area contributed by atoms with Crippen molar-refractivity contribution in [1.82, 2.24) is 30.0 Å². The van der Waals surface area contributed by atoms with E-state index in [9.17, 15) is 5.11 Å². The van der Waals surface area contributed by atoms with Crippen molar-refractivity contribution >= 4 is 34.1 Å². The molecule has 5 heterocycles. The van der Waals surface area contributed by atoms with E-state index in [4.69, 9.17) is 37.8 Å². The molecule has 2 aliphatic rings. The maximum Gasteiger partial charge on any atom is 0.150 e. The molecule has 0 spiro atoms. The average Bonchev–Trinajstić information content (AvgIpc) is 3.28. The molecule has 9 nitrogen and oxygen atoms in total. The smallest absolute Gasteiger partial charge is 0.150 e. The first-order valence-electron chi connectivity index (χ1n) is 12.7. The highest BCUT2D eigenvalue weighted by Gasteiger charge is 2.43. The number of aliphatic hydroxyl groups is 1. The summed E-state index contributed by atoms with van der Waals surface area (Å²) in [5.41, 5.74) is 2.24. The van der Waals surface area contributed by atoms with Crippen LogP contribution in [0.2, 0.25) is 10.0 Å². The Morgan fingerprint density at radius 3 is 2.55 bits per heavy atom. The first kappa shape index (κ1) is 25.5. The molecule has 2 saturated heterocycles. The third kappa shape index (κ3) is 4.63. The summed E-state index contributed by atoms with van der Waals surface area (Å²) in [4.78, 5) is 13.1. The highest BCUT2D eigenvalue weighted by molar-refractivity contribution is 6.35. The SMILES string of the molecule is C[C@@H](Oc1ccc2c(c1)c(-c1cnc(C3NCC3(C)O)nc1)nn2C1CCCCO1)c1c(Cl)cncc1Cl. The number of rotatable bonds is 6. The number of halogens is 2. The van der Waals surface area contributed by atoms with E-state index in [1.54, 1.807) is 31.7 Å². The van der Waals surface area contributed by atoms with E-state index in [2.05, 4.69) is 20.3 Å². The minimum atomic E-state index is -0.863. The van der Waals surface area contributed by atoms with E-state index in [1.165, 1.54) is 0 Å². The summed E-state index contributed by atoms with van der Waals surface area (Å²) in [5.74, 6) is 1.19. The molecule has 0 radical (unpaired) electrons. The lowest BCUT2D eigenvalue weighted by Gasteiger charge is -2.42. The summed E-state index contributed by atoms with van der Waals surface area (Å²) in [5, 5.41) is 20.4. The van der Waals surface area contributed by atoms with Crippen LogP contribution in [0.5, 0.6) is 5.75 Å². The van der Waals surface area contributed by atoms with Crippen molar-refractivity contribution < 1.29 is 14.6 Å². The van der Waals surface area contributed by atoms with Crippen molar-refractivity contribution in [3.63, 3.8) is 0 Å². The van der Waals surface area contributed by atoms with Gasteiger partial charge in [-0.25, -0.2) is 14.6 Å². The Hall–Kier alpha value is -2.82. The predicted molar refractivity (Wildman–Crippen MR) is 144 cm³/mol. The van der Waals surface area contributed by atoms with Gasteiger partial charge in [-0.1, -0.05) is 23.2 Å². The van der Waals surface area contributed by atoms with Gasteiger partial charge in [0, 0.05) is 54.5 Å². The molecule has 2 N–H and O–H groups in total. The van der Waals surface area contributed by atoms with Crippen molar-refractivity contribution in [3.05, 3.63) is 64.4 Å².